The van der Waals surface area contributed by atoms with E-state index in [1.807, 2.05) is 18.5 Å². The molecule has 0 aliphatic carbocycles. The van der Waals surface area contributed by atoms with Gasteiger partial charge < -0.3 is 5.73 Å². The number of nitrogens with two attached hydrogens (primary N) is 1. The summed E-state index contributed by atoms with van der Waals surface area (Å²) in [5.74, 6) is 0.549. The monoisotopic (exact) mass is 337 g/mol. The maximum Gasteiger partial charge on any atom is 0.130 e. The number of anilines is 1. The molecule has 6 heteroatoms. The molecule has 2 heterocycles. The minimum atomic E-state index is 0.549. The van der Waals surface area contributed by atoms with E-state index < -0.39 is 0 Å². The van der Waals surface area contributed by atoms with Crippen molar-refractivity contribution in [3.8, 4) is 21.7 Å². The Labute approximate surface area is 136 Å². The van der Waals surface area contributed by atoms with Crippen LogP contribution >= 0.6 is 34.5 Å². The fraction of sp³-hybridized carbons (Fsp3) is 0.133. The maximum atomic E-state index is 6.34. The SMILES string of the molecule is Cc1ccsc1-c1nn(C)c(N)c1-c1c(Cl)cccc1Cl. The Morgan fingerprint density at radius 3 is 2.38 bits per heavy atom. The molecule has 3 rings (SSSR count). The fourth-order valence-electron chi connectivity index (χ4n) is 2.29. The van der Waals surface area contributed by atoms with Crippen molar-refractivity contribution < 1.29 is 0 Å². The number of halogens is 2. The molecule has 0 atom stereocenters. The summed E-state index contributed by atoms with van der Waals surface area (Å²) in [5.41, 5.74) is 9.71. The second kappa shape index (κ2) is 5.37. The number of thiophene rings is 1. The lowest BCUT2D eigenvalue weighted by molar-refractivity contribution is 0.783. The highest BCUT2D eigenvalue weighted by Crippen LogP contribution is 2.44. The lowest BCUT2D eigenvalue weighted by Crippen LogP contribution is -1.98. The molecule has 3 nitrogen and oxygen atoms in total. The molecule has 21 heavy (non-hydrogen) atoms. The number of hydrogen-bond acceptors (Lipinski definition) is 3. The Bertz CT molecular complexity index is 800. The van der Waals surface area contributed by atoms with Crippen LogP contribution in [-0.4, -0.2) is 9.78 Å². The van der Waals surface area contributed by atoms with Crippen molar-refractivity contribution in [2.75, 3.05) is 5.73 Å². The minimum absolute atomic E-state index is 0.549. The van der Waals surface area contributed by atoms with E-state index in [1.54, 1.807) is 28.2 Å². The Balaban J connectivity index is 2.36. The van der Waals surface area contributed by atoms with Crippen LogP contribution in [0.4, 0.5) is 5.82 Å². The number of rotatable bonds is 2. The van der Waals surface area contributed by atoms with E-state index in [-0.39, 0.29) is 0 Å². The molecule has 2 aromatic heterocycles. The molecule has 108 valence electrons. The van der Waals surface area contributed by atoms with Gasteiger partial charge in [-0.1, -0.05) is 29.3 Å². The summed E-state index contributed by atoms with van der Waals surface area (Å²) >= 11 is 14.3. The van der Waals surface area contributed by atoms with Crippen molar-refractivity contribution in [3.63, 3.8) is 0 Å². The van der Waals surface area contributed by atoms with Crippen molar-refractivity contribution in [2.24, 2.45) is 7.05 Å². The van der Waals surface area contributed by atoms with Gasteiger partial charge in [0.25, 0.3) is 0 Å². The lowest BCUT2D eigenvalue weighted by atomic mass is 10.0. The van der Waals surface area contributed by atoms with Gasteiger partial charge in [0.1, 0.15) is 11.5 Å². The van der Waals surface area contributed by atoms with E-state index in [2.05, 4.69) is 18.1 Å². The molecule has 0 aliphatic rings. The summed E-state index contributed by atoms with van der Waals surface area (Å²) in [6.07, 6.45) is 0. The molecular weight excluding hydrogens is 325 g/mol. The third-order valence-corrected chi connectivity index (χ3v) is 5.03. The average molecular weight is 338 g/mol. The van der Waals surface area contributed by atoms with E-state index in [1.165, 1.54) is 0 Å². The average Bonchev–Trinajstić information content (AvgIpc) is 2.96. The summed E-state index contributed by atoms with van der Waals surface area (Å²) < 4.78 is 1.66. The number of aromatic nitrogens is 2. The highest BCUT2D eigenvalue weighted by atomic mass is 35.5. The lowest BCUT2D eigenvalue weighted by Gasteiger charge is -2.08. The second-order valence-electron chi connectivity index (χ2n) is 4.76. The molecule has 2 N–H and O–H groups in total. The summed E-state index contributed by atoms with van der Waals surface area (Å²) in [6.45, 7) is 2.05. The first kappa shape index (κ1) is 14.4. The van der Waals surface area contributed by atoms with Crippen LogP contribution in [0, 0.1) is 6.92 Å². The molecule has 0 radical (unpaired) electrons. The fourth-order valence-corrected chi connectivity index (χ4v) is 3.80. The zero-order valence-electron chi connectivity index (χ0n) is 11.5. The van der Waals surface area contributed by atoms with Crippen LogP contribution < -0.4 is 5.73 Å². The quantitative estimate of drug-likeness (QED) is 0.713. The molecule has 0 unspecified atom stereocenters. The number of nitrogen functional groups attached to an aromatic ring is 1. The Hall–Kier alpha value is -1.49. The molecule has 0 aliphatic heterocycles. The van der Waals surface area contributed by atoms with Crippen LogP contribution in [0.3, 0.4) is 0 Å². The van der Waals surface area contributed by atoms with Crippen molar-refractivity contribution in [1.29, 1.82) is 0 Å². The Morgan fingerprint density at radius 1 is 1.14 bits per heavy atom. The molecule has 0 bridgehead atoms. The van der Waals surface area contributed by atoms with Gasteiger partial charge in [0.15, 0.2) is 0 Å². The van der Waals surface area contributed by atoms with Crippen LogP contribution in [0.5, 0.6) is 0 Å². The van der Waals surface area contributed by atoms with Gasteiger partial charge in [-0.3, -0.25) is 4.68 Å². The van der Waals surface area contributed by atoms with E-state index in [0.717, 1.165) is 27.3 Å². The van der Waals surface area contributed by atoms with Gasteiger partial charge in [-0.25, -0.2) is 0 Å². The number of aryl methyl sites for hydroxylation is 2. The number of nitrogens with zero attached hydrogens (tertiary/aromatic N) is 2. The Kier molecular flexibility index (Phi) is 3.69. The summed E-state index contributed by atoms with van der Waals surface area (Å²) in [7, 11) is 1.82. The number of hydrogen-bond donors (Lipinski definition) is 1. The predicted octanol–water partition coefficient (Wildman–Crippen LogP) is 5.01. The van der Waals surface area contributed by atoms with Crippen molar-refractivity contribution >= 4 is 40.4 Å². The molecule has 3 aromatic rings. The van der Waals surface area contributed by atoms with Crippen LogP contribution in [0.1, 0.15) is 5.56 Å². The van der Waals surface area contributed by atoms with Crippen molar-refractivity contribution in [1.82, 2.24) is 9.78 Å². The second-order valence-corrected chi connectivity index (χ2v) is 6.49. The highest BCUT2D eigenvalue weighted by molar-refractivity contribution is 7.13. The van der Waals surface area contributed by atoms with Gasteiger partial charge in [-0.05, 0) is 36.1 Å². The maximum absolute atomic E-state index is 6.34. The van der Waals surface area contributed by atoms with E-state index in [4.69, 9.17) is 28.9 Å². The van der Waals surface area contributed by atoms with E-state index >= 15 is 0 Å². The normalized spacial score (nSPS) is 11.0. The standard InChI is InChI=1S/C15H13Cl2N3S/c1-8-6-7-21-14(8)13-12(15(18)20(2)19-13)11-9(16)4-3-5-10(11)17/h3-7H,18H2,1-2H3. The van der Waals surface area contributed by atoms with Gasteiger partial charge in [-0.15, -0.1) is 11.3 Å². The Morgan fingerprint density at radius 2 is 1.81 bits per heavy atom. The van der Waals surface area contributed by atoms with Crippen LogP contribution in [0.15, 0.2) is 29.6 Å². The smallest absolute Gasteiger partial charge is 0.130 e. The zero-order valence-corrected chi connectivity index (χ0v) is 13.9. The first-order valence-electron chi connectivity index (χ1n) is 6.32. The van der Waals surface area contributed by atoms with Crippen LogP contribution in [0.2, 0.25) is 10.0 Å². The number of benzene rings is 1. The zero-order chi connectivity index (χ0) is 15.1. The van der Waals surface area contributed by atoms with Crippen molar-refractivity contribution in [3.05, 3.63) is 45.3 Å². The molecule has 0 saturated heterocycles. The molecule has 0 fully saturated rings. The molecule has 0 amide bonds. The first-order valence-corrected chi connectivity index (χ1v) is 7.95. The van der Waals surface area contributed by atoms with E-state index in [9.17, 15) is 0 Å². The minimum Gasteiger partial charge on any atom is -0.383 e. The third kappa shape index (κ3) is 2.33. The molecule has 0 saturated carbocycles. The highest BCUT2D eigenvalue weighted by Gasteiger charge is 2.23. The molecule has 1 aromatic carbocycles. The summed E-state index contributed by atoms with van der Waals surface area (Å²) in [5, 5.41) is 7.73. The van der Waals surface area contributed by atoms with Gasteiger partial charge in [0.05, 0.1) is 20.5 Å². The van der Waals surface area contributed by atoms with Gasteiger partial charge >= 0.3 is 0 Å². The van der Waals surface area contributed by atoms with Crippen LogP contribution in [-0.2, 0) is 7.05 Å². The third-order valence-electron chi connectivity index (χ3n) is 3.38. The first-order chi connectivity index (χ1) is 10.0. The van der Waals surface area contributed by atoms with Gasteiger partial charge in [0.2, 0.25) is 0 Å². The van der Waals surface area contributed by atoms with Crippen molar-refractivity contribution in [2.45, 2.75) is 6.92 Å². The summed E-state index contributed by atoms with van der Waals surface area (Å²) in [6, 6.07) is 7.49. The van der Waals surface area contributed by atoms with Crippen LogP contribution in [0.25, 0.3) is 21.7 Å². The van der Waals surface area contributed by atoms with Gasteiger partial charge in [0, 0.05) is 12.6 Å². The largest absolute Gasteiger partial charge is 0.383 e. The molecular formula is C15H13Cl2N3S. The predicted molar refractivity (Wildman–Crippen MR) is 91.1 cm³/mol. The summed E-state index contributed by atoms with van der Waals surface area (Å²) in [4.78, 5) is 1.08. The van der Waals surface area contributed by atoms with E-state index in [0.29, 0.717) is 15.9 Å². The molecule has 0 spiro atoms. The topological polar surface area (TPSA) is 43.8 Å². The van der Waals surface area contributed by atoms with Gasteiger partial charge in [-0.2, -0.15) is 5.10 Å².